The summed E-state index contributed by atoms with van der Waals surface area (Å²) in [5.41, 5.74) is -0.546. The lowest BCUT2D eigenvalue weighted by molar-refractivity contribution is -0.125. The quantitative estimate of drug-likeness (QED) is 0.314. The summed E-state index contributed by atoms with van der Waals surface area (Å²) in [7, 11) is 0. The fourth-order valence-electron chi connectivity index (χ4n) is 2.24. The molecule has 29 heavy (non-hydrogen) atoms. The van der Waals surface area contributed by atoms with Crippen LogP contribution >= 0.6 is 0 Å². The van der Waals surface area contributed by atoms with Gasteiger partial charge in [0.25, 0.3) is 0 Å². The maximum atomic E-state index is 12.0. The van der Waals surface area contributed by atoms with E-state index in [-0.39, 0.29) is 31.0 Å². The van der Waals surface area contributed by atoms with Crippen LogP contribution in [0.3, 0.4) is 0 Å². The van der Waals surface area contributed by atoms with Gasteiger partial charge in [0.05, 0.1) is 31.7 Å². The van der Waals surface area contributed by atoms with Crippen molar-refractivity contribution in [2.45, 2.75) is 31.7 Å². The fourth-order valence-corrected chi connectivity index (χ4v) is 2.24. The van der Waals surface area contributed by atoms with Crippen LogP contribution in [0.1, 0.15) is 25.1 Å². The molecule has 5 N–H and O–H groups in total. The Bertz CT molecular complexity index is 802. The van der Waals surface area contributed by atoms with Gasteiger partial charge in [-0.3, -0.25) is 14.6 Å². The molecule has 2 rings (SSSR count). The van der Waals surface area contributed by atoms with E-state index in [2.05, 4.69) is 36.0 Å². The van der Waals surface area contributed by atoms with E-state index in [9.17, 15) is 24.9 Å². The lowest BCUT2D eigenvalue weighted by Gasteiger charge is -2.28. The lowest BCUT2D eigenvalue weighted by Crippen LogP contribution is -2.57. The molecule has 12 nitrogen and oxygen atoms in total. The molecule has 0 fully saturated rings. The summed E-state index contributed by atoms with van der Waals surface area (Å²) in [6.07, 6.45) is 1.77. The zero-order valence-electron chi connectivity index (χ0n) is 15.9. The molecule has 0 unspecified atom stereocenters. The Labute approximate surface area is 166 Å². The number of aromatic nitrogens is 5. The number of aliphatic hydroxyl groups excluding tert-OH is 3. The van der Waals surface area contributed by atoms with Crippen LogP contribution in [0.4, 0.5) is 5.69 Å². The molecule has 0 aliphatic rings. The molecule has 12 heteroatoms. The Morgan fingerprint density at radius 2 is 1.59 bits per heavy atom. The Morgan fingerprint density at radius 3 is 2.14 bits per heavy atom. The molecule has 0 spiro atoms. The monoisotopic (exact) mass is 405 g/mol. The van der Waals surface area contributed by atoms with Crippen molar-refractivity contribution in [2.75, 3.05) is 25.1 Å². The maximum absolute atomic E-state index is 12.0. The number of aliphatic hydroxyl groups is 3. The molecule has 2 heterocycles. The maximum Gasteiger partial charge on any atom is 0.224 e. The molecular formula is C17H23N7O5. The Balaban J connectivity index is 1.79. The summed E-state index contributed by atoms with van der Waals surface area (Å²) in [6.45, 7) is -0.138. The minimum absolute atomic E-state index is 0.00286. The van der Waals surface area contributed by atoms with E-state index in [1.165, 1.54) is 6.20 Å². The first-order chi connectivity index (χ1) is 13.9. The summed E-state index contributed by atoms with van der Waals surface area (Å²) in [5, 5.41) is 48.0. The van der Waals surface area contributed by atoms with Crippen molar-refractivity contribution in [1.29, 1.82) is 0 Å². The van der Waals surface area contributed by atoms with E-state index >= 15 is 0 Å². The van der Waals surface area contributed by atoms with Crippen LogP contribution in [0.2, 0.25) is 0 Å². The highest BCUT2D eigenvalue weighted by Crippen LogP contribution is 2.14. The largest absolute Gasteiger partial charge is 0.394 e. The number of nitrogens with zero attached hydrogens (tertiary/aromatic N) is 5. The van der Waals surface area contributed by atoms with E-state index in [1.807, 2.05) is 0 Å². The molecule has 0 aliphatic carbocycles. The first-order valence-electron chi connectivity index (χ1n) is 8.85. The van der Waals surface area contributed by atoms with E-state index in [4.69, 9.17) is 0 Å². The molecule has 2 aromatic heterocycles. The fraction of sp³-hybridized carbons (Fsp3) is 0.471. The summed E-state index contributed by atoms with van der Waals surface area (Å²) >= 11 is 0. The van der Waals surface area contributed by atoms with Gasteiger partial charge in [0.1, 0.15) is 11.2 Å². The van der Waals surface area contributed by atoms with Crippen molar-refractivity contribution < 1.29 is 24.9 Å². The van der Waals surface area contributed by atoms with Gasteiger partial charge in [0.15, 0.2) is 5.82 Å². The second kappa shape index (κ2) is 10.5. The number of carbonyl (C=O) groups excluding carboxylic acids is 2. The van der Waals surface area contributed by atoms with Gasteiger partial charge in [-0.25, -0.2) is 0 Å². The summed E-state index contributed by atoms with van der Waals surface area (Å²) in [5.74, 6) is -0.0772. The molecule has 2 aromatic rings. The standard InChI is InChI=1S/C17H23N7O5/c1-11-21-23-16(24-22-11)13-6-5-12(7-18-13)19-14(28)3-2-4-15(29)20-17(8-25,9-26)10-27/h5-7,25-27H,2-4,8-10H2,1H3,(H,19,28)(H,20,29). The van der Waals surface area contributed by atoms with Crippen molar-refractivity contribution in [3.63, 3.8) is 0 Å². The zero-order valence-corrected chi connectivity index (χ0v) is 15.9. The van der Waals surface area contributed by atoms with Gasteiger partial charge in [-0.1, -0.05) is 0 Å². The molecule has 0 saturated carbocycles. The zero-order chi connectivity index (χ0) is 21.3. The first-order valence-corrected chi connectivity index (χ1v) is 8.85. The van der Waals surface area contributed by atoms with Gasteiger partial charge in [0, 0.05) is 12.8 Å². The van der Waals surface area contributed by atoms with Gasteiger partial charge < -0.3 is 26.0 Å². The van der Waals surface area contributed by atoms with Crippen LogP contribution in [-0.4, -0.2) is 77.9 Å². The van der Waals surface area contributed by atoms with Gasteiger partial charge in [-0.05, 0) is 25.5 Å². The number of hydrogen-bond donors (Lipinski definition) is 5. The number of anilines is 1. The number of pyridine rings is 1. The third kappa shape index (κ3) is 6.48. The van der Waals surface area contributed by atoms with Crippen molar-refractivity contribution in [1.82, 2.24) is 30.7 Å². The smallest absolute Gasteiger partial charge is 0.224 e. The molecule has 0 atom stereocenters. The number of hydrogen-bond acceptors (Lipinski definition) is 10. The summed E-state index contributed by atoms with van der Waals surface area (Å²) in [4.78, 5) is 28.0. The average molecular weight is 405 g/mol. The van der Waals surface area contributed by atoms with E-state index in [1.54, 1.807) is 19.1 Å². The second-order valence-corrected chi connectivity index (χ2v) is 6.41. The number of nitrogens with one attached hydrogen (secondary N) is 2. The van der Waals surface area contributed by atoms with Crippen molar-refractivity contribution in [3.05, 3.63) is 24.2 Å². The van der Waals surface area contributed by atoms with Crippen molar-refractivity contribution >= 4 is 17.5 Å². The predicted octanol–water partition coefficient (Wildman–Crippen LogP) is -1.42. The Hall–Kier alpha value is -3.09. The molecule has 0 bridgehead atoms. The molecule has 0 aliphatic heterocycles. The van der Waals surface area contributed by atoms with Gasteiger partial charge in [0.2, 0.25) is 17.6 Å². The highest BCUT2D eigenvalue weighted by molar-refractivity contribution is 5.91. The van der Waals surface area contributed by atoms with Crippen molar-refractivity contribution in [3.8, 4) is 11.5 Å². The van der Waals surface area contributed by atoms with Crippen LogP contribution in [0.25, 0.3) is 11.5 Å². The third-order valence-electron chi connectivity index (χ3n) is 3.98. The van der Waals surface area contributed by atoms with Gasteiger partial charge in [-0.2, -0.15) is 0 Å². The SMILES string of the molecule is Cc1nnc(-c2ccc(NC(=O)CCCC(=O)NC(CO)(CO)CO)cn2)nn1. The molecule has 2 amide bonds. The third-order valence-corrected chi connectivity index (χ3v) is 3.98. The van der Waals surface area contributed by atoms with Crippen LogP contribution in [0, 0.1) is 6.92 Å². The highest BCUT2D eigenvalue weighted by atomic mass is 16.3. The lowest BCUT2D eigenvalue weighted by atomic mass is 10.0. The molecule has 156 valence electrons. The summed E-state index contributed by atoms with van der Waals surface area (Å²) < 4.78 is 0. The van der Waals surface area contributed by atoms with Crippen LogP contribution in [-0.2, 0) is 9.59 Å². The predicted molar refractivity (Wildman–Crippen MR) is 100 cm³/mol. The van der Waals surface area contributed by atoms with Crippen molar-refractivity contribution in [2.24, 2.45) is 0 Å². The first kappa shape index (κ1) is 22.2. The number of aryl methyl sites for hydroxylation is 1. The second-order valence-electron chi connectivity index (χ2n) is 6.41. The van der Waals surface area contributed by atoms with E-state index in [0.717, 1.165) is 0 Å². The normalized spacial score (nSPS) is 11.2. The molecule has 0 saturated heterocycles. The topological polar surface area (TPSA) is 183 Å². The minimum Gasteiger partial charge on any atom is -0.394 e. The van der Waals surface area contributed by atoms with Crippen LogP contribution in [0.5, 0.6) is 0 Å². The molecule has 0 aromatic carbocycles. The number of amides is 2. The van der Waals surface area contributed by atoms with Crippen LogP contribution in [0.15, 0.2) is 18.3 Å². The van der Waals surface area contributed by atoms with Gasteiger partial charge >= 0.3 is 0 Å². The average Bonchev–Trinajstić information content (AvgIpc) is 2.73. The minimum atomic E-state index is -1.47. The Morgan fingerprint density at radius 1 is 0.966 bits per heavy atom. The number of rotatable bonds is 10. The molecular weight excluding hydrogens is 382 g/mol. The number of carbonyl (C=O) groups is 2. The Kier molecular flexibility index (Phi) is 8.00. The molecule has 0 radical (unpaired) electrons. The highest BCUT2D eigenvalue weighted by Gasteiger charge is 2.29. The summed E-state index contributed by atoms with van der Waals surface area (Å²) in [6, 6.07) is 3.25. The van der Waals surface area contributed by atoms with Gasteiger partial charge in [-0.15, -0.1) is 20.4 Å². The van der Waals surface area contributed by atoms with E-state index in [0.29, 0.717) is 17.2 Å². The van der Waals surface area contributed by atoms with Crippen LogP contribution < -0.4 is 10.6 Å². The van der Waals surface area contributed by atoms with E-state index < -0.39 is 31.3 Å².